The highest BCUT2D eigenvalue weighted by Crippen LogP contribution is 2.37. The molecule has 0 bridgehead atoms. The SMILES string of the molecule is CNC(C)NC(C)(C)[C@H]1C=C[C@@H](C)C1C. The van der Waals surface area contributed by atoms with E-state index in [2.05, 4.69) is 57.4 Å². The Bertz CT molecular complexity index is 233. The van der Waals surface area contributed by atoms with Gasteiger partial charge in [-0.05, 0) is 45.6 Å². The molecule has 0 fully saturated rings. The van der Waals surface area contributed by atoms with Crippen LogP contribution >= 0.6 is 0 Å². The van der Waals surface area contributed by atoms with Gasteiger partial charge in [-0.2, -0.15) is 0 Å². The monoisotopic (exact) mass is 210 g/mol. The number of nitrogens with one attached hydrogen (secondary N) is 2. The summed E-state index contributed by atoms with van der Waals surface area (Å²) in [5, 5.41) is 6.87. The van der Waals surface area contributed by atoms with E-state index in [0.717, 1.165) is 5.92 Å². The van der Waals surface area contributed by atoms with Crippen molar-refractivity contribution in [2.75, 3.05) is 7.05 Å². The van der Waals surface area contributed by atoms with Crippen LogP contribution in [0.25, 0.3) is 0 Å². The van der Waals surface area contributed by atoms with Gasteiger partial charge in [0, 0.05) is 5.54 Å². The van der Waals surface area contributed by atoms with Gasteiger partial charge >= 0.3 is 0 Å². The van der Waals surface area contributed by atoms with Crippen LogP contribution in [-0.2, 0) is 0 Å². The van der Waals surface area contributed by atoms with Crippen molar-refractivity contribution in [3.05, 3.63) is 12.2 Å². The summed E-state index contributed by atoms with van der Waals surface area (Å²) < 4.78 is 0. The Labute approximate surface area is 94.5 Å². The van der Waals surface area contributed by atoms with Crippen LogP contribution in [0.15, 0.2) is 12.2 Å². The van der Waals surface area contributed by atoms with Gasteiger partial charge in [-0.1, -0.05) is 26.0 Å². The van der Waals surface area contributed by atoms with E-state index < -0.39 is 0 Å². The van der Waals surface area contributed by atoms with Crippen LogP contribution in [0.3, 0.4) is 0 Å². The molecule has 2 unspecified atom stereocenters. The lowest BCUT2D eigenvalue weighted by atomic mass is 9.78. The fourth-order valence-corrected chi connectivity index (χ4v) is 2.60. The Hall–Kier alpha value is -0.340. The predicted octanol–water partition coefficient (Wildman–Crippen LogP) is 2.38. The molecule has 0 aromatic carbocycles. The molecule has 1 aliphatic carbocycles. The normalized spacial score (nSPS) is 33.3. The van der Waals surface area contributed by atoms with Crippen molar-refractivity contribution >= 4 is 0 Å². The summed E-state index contributed by atoms with van der Waals surface area (Å²) in [6.45, 7) is 11.4. The fraction of sp³-hybridized carbons (Fsp3) is 0.846. The number of hydrogen-bond acceptors (Lipinski definition) is 2. The van der Waals surface area contributed by atoms with E-state index in [1.165, 1.54) is 0 Å². The molecule has 0 radical (unpaired) electrons. The van der Waals surface area contributed by atoms with Crippen LogP contribution in [0.1, 0.15) is 34.6 Å². The smallest absolute Gasteiger partial charge is 0.0544 e. The zero-order valence-electron chi connectivity index (χ0n) is 11.0. The molecule has 0 aliphatic heterocycles. The van der Waals surface area contributed by atoms with Gasteiger partial charge in [-0.15, -0.1) is 0 Å². The molecular formula is C13H26N2. The molecule has 4 atom stereocenters. The predicted molar refractivity (Wildman–Crippen MR) is 66.7 cm³/mol. The zero-order valence-corrected chi connectivity index (χ0v) is 11.0. The molecular weight excluding hydrogens is 184 g/mol. The molecule has 0 spiro atoms. The lowest BCUT2D eigenvalue weighted by molar-refractivity contribution is 0.197. The largest absolute Gasteiger partial charge is 0.305 e. The summed E-state index contributed by atoms with van der Waals surface area (Å²) in [5.41, 5.74) is 0.156. The van der Waals surface area contributed by atoms with Crippen molar-refractivity contribution in [3.8, 4) is 0 Å². The second-order valence-electron chi connectivity index (χ2n) is 5.51. The quantitative estimate of drug-likeness (QED) is 0.550. The standard InChI is InChI=1S/C13H26N2/c1-9-7-8-12(10(9)2)13(4,5)15-11(3)14-6/h7-12,14-15H,1-6H3/t9-,10?,11?,12+/m1/s1. The van der Waals surface area contributed by atoms with Gasteiger partial charge in [0.2, 0.25) is 0 Å². The fourth-order valence-electron chi connectivity index (χ4n) is 2.60. The highest BCUT2D eigenvalue weighted by atomic mass is 15.1. The average Bonchev–Trinajstić information content (AvgIpc) is 2.47. The topological polar surface area (TPSA) is 24.1 Å². The van der Waals surface area contributed by atoms with Crippen LogP contribution in [0.4, 0.5) is 0 Å². The Morgan fingerprint density at radius 2 is 1.80 bits per heavy atom. The Morgan fingerprint density at radius 3 is 2.20 bits per heavy atom. The van der Waals surface area contributed by atoms with Crippen LogP contribution in [-0.4, -0.2) is 18.8 Å². The van der Waals surface area contributed by atoms with Crippen molar-refractivity contribution in [1.29, 1.82) is 0 Å². The van der Waals surface area contributed by atoms with Gasteiger partial charge in [-0.25, -0.2) is 0 Å². The summed E-state index contributed by atoms with van der Waals surface area (Å²) in [7, 11) is 1.99. The summed E-state index contributed by atoms with van der Waals surface area (Å²) in [6, 6.07) is 0. The molecule has 1 rings (SSSR count). The van der Waals surface area contributed by atoms with E-state index in [-0.39, 0.29) is 5.54 Å². The first kappa shape index (κ1) is 12.7. The molecule has 0 aromatic rings. The van der Waals surface area contributed by atoms with E-state index in [1.807, 2.05) is 7.05 Å². The van der Waals surface area contributed by atoms with Crippen LogP contribution in [0.2, 0.25) is 0 Å². The minimum atomic E-state index is 0.156. The molecule has 0 aromatic heterocycles. The lowest BCUT2D eigenvalue weighted by Crippen LogP contribution is -2.54. The minimum Gasteiger partial charge on any atom is -0.305 e. The molecule has 2 nitrogen and oxygen atoms in total. The third-order valence-electron chi connectivity index (χ3n) is 3.87. The van der Waals surface area contributed by atoms with Gasteiger partial charge < -0.3 is 5.32 Å². The first-order chi connectivity index (χ1) is 6.88. The second kappa shape index (κ2) is 4.67. The average molecular weight is 210 g/mol. The van der Waals surface area contributed by atoms with E-state index in [9.17, 15) is 0 Å². The molecule has 0 saturated heterocycles. The van der Waals surface area contributed by atoms with Gasteiger partial charge in [0.1, 0.15) is 0 Å². The Morgan fingerprint density at radius 1 is 1.20 bits per heavy atom. The molecule has 2 heteroatoms. The molecule has 88 valence electrons. The van der Waals surface area contributed by atoms with Gasteiger partial charge in [0.25, 0.3) is 0 Å². The van der Waals surface area contributed by atoms with Gasteiger partial charge in [-0.3, -0.25) is 5.32 Å². The molecule has 15 heavy (non-hydrogen) atoms. The molecule has 2 N–H and O–H groups in total. The first-order valence-corrected chi connectivity index (χ1v) is 6.01. The maximum atomic E-state index is 3.64. The van der Waals surface area contributed by atoms with Crippen molar-refractivity contribution in [1.82, 2.24) is 10.6 Å². The third kappa shape index (κ3) is 2.82. The second-order valence-corrected chi connectivity index (χ2v) is 5.51. The number of rotatable bonds is 4. The molecule has 0 amide bonds. The highest BCUT2D eigenvalue weighted by molar-refractivity contribution is 5.11. The van der Waals surface area contributed by atoms with Crippen molar-refractivity contribution < 1.29 is 0 Å². The molecule has 0 saturated carbocycles. The molecule has 1 aliphatic rings. The van der Waals surface area contributed by atoms with Gasteiger partial charge in [0.05, 0.1) is 6.17 Å². The van der Waals surface area contributed by atoms with E-state index in [4.69, 9.17) is 0 Å². The Balaban J connectivity index is 2.65. The summed E-state index contributed by atoms with van der Waals surface area (Å²) in [6.07, 6.45) is 5.09. The highest BCUT2D eigenvalue weighted by Gasteiger charge is 2.36. The maximum absolute atomic E-state index is 3.64. The Kier molecular flexibility index (Phi) is 3.96. The van der Waals surface area contributed by atoms with Crippen molar-refractivity contribution in [3.63, 3.8) is 0 Å². The van der Waals surface area contributed by atoms with E-state index in [0.29, 0.717) is 18.0 Å². The van der Waals surface area contributed by atoms with Crippen LogP contribution in [0, 0.1) is 17.8 Å². The lowest BCUT2D eigenvalue weighted by Gasteiger charge is -2.38. The van der Waals surface area contributed by atoms with E-state index in [1.54, 1.807) is 0 Å². The van der Waals surface area contributed by atoms with E-state index >= 15 is 0 Å². The molecule has 0 heterocycles. The van der Waals surface area contributed by atoms with Crippen molar-refractivity contribution in [2.45, 2.75) is 46.3 Å². The summed E-state index contributed by atoms with van der Waals surface area (Å²) >= 11 is 0. The summed E-state index contributed by atoms with van der Waals surface area (Å²) in [5.74, 6) is 2.07. The van der Waals surface area contributed by atoms with Crippen molar-refractivity contribution in [2.24, 2.45) is 17.8 Å². The number of hydrogen-bond donors (Lipinski definition) is 2. The number of allylic oxidation sites excluding steroid dienone is 1. The third-order valence-corrected chi connectivity index (χ3v) is 3.87. The summed E-state index contributed by atoms with van der Waals surface area (Å²) in [4.78, 5) is 0. The first-order valence-electron chi connectivity index (χ1n) is 6.01. The van der Waals surface area contributed by atoms with Gasteiger partial charge in [0.15, 0.2) is 0 Å². The zero-order chi connectivity index (χ0) is 11.6. The van der Waals surface area contributed by atoms with Crippen LogP contribution in [0.5, 0.6) is 0 Å². The van der Waals surface area contributed by atoms with Crippen LogP contribution < -0.4 is 10.6 Å². The minimum absolute atomic E-state index is 0.156. The maximum Gasteiger partial charge on any atom is 0.0544 e.